The summed E-state index contributed by atoms with van der Waals surface area (Å²) in [4.78, 5) is 20.4. The van der Waals surface area contributed by atoms with Crippen LogP contribution >= 0.6 is 0 Å². The van der Waals surface area contributed by atoms with Crippen LogP contribution in [-0.4, -0.2) is 37.9 Å². The molecular formula is C23H20N4O4S. The van der Waals surface area contributed by atoms with Gasteiger partial charge in [0.25, 0.3) is 15.9 Å². The molecule has 2 heterocycles. The van der Waals surface area contributed by atoms with Gasteiger partial charge in [-0.05, 0) is 48.4 Å². The normalized spacial score (nSPS) is 13.2. The molecule has 0 aliphatic carbocycles. The number of sulfonamides is 1. The molecule has 8 nitrogen and oxygen atoms in total. The number of H-pyrrole nitrogens is 1. The third-order valence-corrected chi connectivity index (χ3v) is 7.28. The summed E-state index contributed by atoms with van der Waals surface area (Å²) < 4.78 is 33.5. The zero-order valence-corrected chi connectivity index (χ0v) is 18.0. The summed E-state index contributed by atoms with van der Waals surface area (Å²) in [6, 6.07) is 19.1. The molecule has 4 aromatic rings. The van der Waals surface area contributed by atoms with E-state index < -0.39 is 15.9 Å². The predicted molar refractivity (Wildman–Crippen MR) is 122 cm³/mol. The summed E-state index contributed by atoms with van der Waals surface area (Å²) in [6.07, 6.45) is 0.644. The Hall–Kier alpha value is -3.85. The van der Waals surface area contributed by atoms with Gasteiger partial charge in [0.15, 0.2) is 0 Å². The number of methoxy groups -OCH3 is 1. The van der Waals surface area contributed by atoms with Gasteiger partial charge in [0.05, 0.1) is 34.3 Å². The van der Waals surface area contributed by atoms with Crippen LogP contribution in [0.4, 0.5) is 11.6 Å². The third kappa shape index (κ3) is 3.36. The molecule has 0 fully saturated rings. The van der Waals surface area contributed by atoms with Crippen molar-refractivity contribution < 1.29 is 17.9 Å². The molecule has 1 aliphatic heterocycles. The minimum Gasteiger partial charge on any atom is -0.496 e. The summed E-state index contributed by atoms with van der Waals surface area (Å²) in [5, 5.41) is 2.69. The Bertz CT molecular complexity index is 1410. The van der Waals surface area contributed by atoms with Crippen LogP contribution in [0.15, 0.2) is 71.6 Å². The Labute approximate surface area is 184 Å². The number of hydrogen-bond donors (Lipinski definition) is 2. The van der Waals surface area contributed by atoms with E-state index >= 15 is 0 Å². The van der Waals surface area contributed by atoms with Crippen LogP contribution in [0.2, 0.25) is 0 Å². The number of anilines is 2. The quantitative estimate of drug-likeness (QED) is 0.486. The maximum absolute atomic E-state index is 13.4. The molecule has 162 valence electrons. The molecule has 2 N–H and O–H groups in total. The van der Waals surface area contributed by atoms with Gasteiger partial charge < -0.3 is 9.72 Å². The fraction of sp³-hybridized carbons (Fsp3) is 0.130. The third-order valence-electron chi connectivity index (χ3n) is 5.47. The Morgan fingerprint density at radius 2 is 1.88 bits per heavy atom. The van der Waals surface area contributed by atoms with E-state index in [1.54, 1.807) is 6.07 Å². The van der Waals surface area contributed by atoms with Gasteiger partial charge in [0.1, 0.15) is 5.75 Å². The van der Waals surface area contributed by atoms with Gasteiger partial charge in [-0.25, -0.2) is 13.4 Å². The summed E-state index contributed by atoms with van der Waals surface area (Å²) in [6.45, 7) is 0.355. The second-order valence-electron chi connectivity index (χ2n) is 7.37. The molecule has 0 saturated heterocycles. The number of ether oxygens (including phenoxy) is 1. The SMILES string of the molecule is COc1ccc(S(=O)(=O)N2CCc3ccccc32)cc1C(=O)Nc1nc2ccccc2[nH]1. The molecule has 0 bridgehead atoms. The van der Waals surface area contributed by atoms with Gasteiger partial charge in [-0.15, -0.1) is 0 Å². The topological polar surface area (TPSA) is 104 Å². The van der Waals surface area contributed by atoms with Crippen molar-refractivity contribution in [2.45, 2.75) is 11.3 Å². The lowest BCUT2D eigenvalue weighted by Gasteiger charge is -2.20. The average molecular weight is 449 g/mol. The minimum absolute atomic E-state index is 0.0183. The van der Waals surface area contributed by atoms with E-state index in [4.69, 9.17) is 4.74 Å². The zero-order valence-electron chi connectivity index (χ0n) is 17.2. The van der Waals surface area contributed by atoms with Crippen LogP contribution in [0.1, 0.15) is 15.9 Å². The monoisotopic (exact) mass is 448 g/mol. The van der Waals surface area contributed by atoms with Crippen LogP contribution in [0, 0.1) is 0 Å². The fourth-order valence-corrected chi connectivity index (χ4v) is 5.43. The number of carbonyl (C=O) groups is 1. The number of imidazole rings is 1. The minimum atomic E-state index is -3.85. The van der Waals surface area contributed by atoms with E-state index in [1.165, 1.54) is 29.6 Å². The highest BCUT2D eigenvalue weighted by atomic mass is 32.2. The maximum atomic E-state index is 13.4. The van der Waals surface area contributed by atoms with Crippen molar-refractivity contribution in [3.63, 3.8) is 0 Å². The highest BCUT2D eigenvalue weighted by Gasteiger charge is 2.31. The average Bonchev–Trinajstić information content (AvgIpc) is 3.42. The molecular weight excluding hydrogens is 428 g/mol. The molecule has 0 spiro atoms. The zero-order chi connectivity index (χ0) is 22.3. The first-order valence-corrected chi connectivity index (χ1v) is 11.5. The van der Waals surface area contributed by atoms with Gasteiger partial charge in [0, 0.05) is 6.54 Å². The fourth-order valence-electron chi connectivity index (χ4n) is 3.90. The van der Waals surface area contributed by atoms with Crippen molar-refractivity contribution in [1.29, 1.82) is 0 Å². The van der Waals surface area contributed by atoms with E-state index in [-0.39, 0.29) is 22.2 Å². The lowest BCUT2D eigenvalue weighted by atomic mass is 10.2. The van der Waals surface area contributed by atoms with Crippen molar-refractivity contribution >= 4 is 38.6 Å². The number of nitrogens with zero attached hydrogens (tertiary/aromatic N) is 2. The summed E-state index contributed by atoms with van der Waals surface area (Å²) in [5.74, 6) is -0.000792. The number of fused-ring (bicyclic) bond motifs is 2. The van der Waals surface area contributed by atoms with E-state index in [2.05, 4.69) is 15.3 Å². The van der Waals surface area contributed by atoms with E-state index in [9.17, 15) is 13.2 Å². The molecule has 0 radical (unpaired) electrons. The number of amides is 1. The number of benzene rings is 3. The smallest absolute Gasteiger partial charge is 0.264 e. The number of aromatic amines is 1. The molecule has 9 heteroatoms. The van der Waals surface area contributed by atoms with Gasteiger partial charge in [-0.3, -0.25) is 14.4 Å². The molecule has 0 unspecified atom stereocenters. The highest BCUT2D eigenvalue weighted by Crippen LogP contribution is 2.34. The number of carbonyl (C=O) groups excluding carboxylic acids is 1. The number of nitrogens with one attached hydrogen (secondary N) is 2. The Morgan fingerprint density at radius 1 is 1.09 bits per heavy atom. The summed E-state index contributed by atoms with van der Waals surface area (Å²) in [7, 11) is -2.42. The van der Waals surface area contributed by atoms with E-state index in [1.807, 2.05) is 42.5 Å². The molecule has 5 rings (SSSR count). The first-order chi connectivity index (χ1) is 15.5. The molecule has 1 aromatic heterocycles. The maximum Gasteiger partial charge on any atom is 0.264 e. The molecule has 0 atom stereocenters. The molecule has 3 aromatic carbocycles. The van der Waals surface area contributed by atoms with Gasteiger partial charge >= 0.3 is 0 Å². The van der Waals surface area contributed by atoms with Crippen LogP contribution in [0.3, 0.4) is 0 Å². The van der Waals surface area contributed by atoms with E-state index in [0.717, 1.165) is 11.1 Å². The standard InChI is InChI=1S/C23H20N4O4S/c1-31-21-11-10-16(32(29,30)27-13-12-15-6-2-5-9-20(15)27)14-17(21)22(28)26-23-24-18-7-3-4-8-19(18)25-23/h2-11,14H,12-13H2,1H3,(H2,24,25,26,28). The summed E-state index contributed by atoms with van der Waals surface area (Å²) >= 11 is 0. The van der Waals surface area contributed by atoms with Gasteiger partial charge in [-0.2, -0.15) is 0 Å². The first kappa shape index (κ1) is 20.1. The van der Waals surface area contributed by atoms with Crippen LogP contribution in [-0.2, 0) is 16.4 Å². The number of para-hydroxylation sites is 3. The van der Waals surface area contributed by atoms with E-state index in [0.29, 0.717) is 24.2 Å². The Balaban J connectivity index is 1.49. The van der Waals surface area contributed by atoms with Crippen molar-refractivity contribution in [1.82, 2.24) is 9.97 Å². The largest absolute Gasteiger partial charge is 0.496 e. The highest BCUT2D eigenvalue weighted by molar-refractivity contribution is 7.92. The Morgan fingerprint density at radius 3 is 2.69 bits per heavy atom. The van der Waals surface area contributed by atoms with Gasteiger partial charge in [0.2, 0.25) is 5.95 Å². The van der Waals surface area contributed by atoms with Crippen molar-refractivity contribution in [2.24, 2.45) is 0 Å². The van der Waals surface area contributed by atoms with Crippen molar-refractivity contribution in [2.75, 3.05) is 23.3 Å². The Kier molecular flexibility index (Phi) is 4.82. The predicted octanol–water partition coefficient (Wildman–Crippen LogP) is 3.58. The molecule has 1 amide bonds. The van der Waals surface area contributed by atoms with Crippen LogP contribution in [0.5, 0.6) is 5.75 Å². The first-order valence-electron chi connectivity index (χ1n) is 10.0. The number of aromatic nitrogens is 2. The van der Waals surface area contributed by atoms with Gasteiger partial charge in [-0.1, -0.05) is 30.3 Å². The lowest BCUT2D eigenvalue weighted by molar-refractivity contribution is 0.102. The molecule has 1 aliphatic rings. The second-order valence-corrected chi connectivity index (χ2v) is 9.24. The number of hydrogen-bond acceptors (Lipinski definition) is 5. The molecule has 0 saturated carbocycles. The lowest BCUT2D eigenvalue weighted by Crippen LogP contribution is -2.29. The number of rotatable bonds is 5. The second kappa shape index (κ2) is 7.69. The summed E-state index contributed by atoms with van der Waals surface area (Å²) in [5.41, 5.74) is 3.23. The van der Waals surface area contributed by atoms with Crippen LogP contribution in [0.25, 0.3) is 11.0 Å². The van der Waals surface area contributed by atoms with Crippen LogP contribution < -0.4 is 14.4 Å². The molecule has 32 heavy (non-hydrogen) atoms. The van der Waals surface area contributed by atoms with Crippen molar-refractivity contribution in [3.8, 4) is 5.75 Å². The van der Waals surface area contributed by atoms with Crippen molar-refractivity contribution in [3.05, 3.63) is 77.9 Å².